The highest BCUT2D eigenvalue weighted by molar-refractivity contribution is 5.98. The lowest BCUT2D eigenvalue weighted by molar-refractivity contribution is 0.123. The van der Waals surface area contributed by atoms with Crippen LogP contribution < -0.4 is 4.74 Å². The summed E-state index contributed by atoms with van der Waals surface area (Å²) in [5.41, 5.74) is 1.61. The van der Waals surface area contributed by atoms with E-state index in [4.69, 9.17) is 4.74 Å². The molecule has 0 amide bonds. The molecule has 2 nitrogen and oxygen atoms in total. The Hall–Kier alpha value is -3.02. The first kappa shape index (κ1) is 19.7. The number of nitrogens with zero attached hydrogens (tertiary/aromatic N) is 1. The Balaban J connectivity index is 2.35. The van der Waals surface area contributed by atoms with Gasteiger partial charge < -0.3 is 9.64 Å². The van der Waals surface area contributed by atoms with Crippen molar-refractivity contribution in [1.82, 2.24) is 4.90 Å². The standard InChI is InChI=1S/C22H19F4NO/c1-13-9-17(15-7-5-4-6-8-15)22(27(14(13)2)12-20(25)26)21-18(23)10-16(28-3)11-19(21)24/h4-11,20H,2,12H2,1,3H3. The zero-order valence-corrected chi connectivity index (χ0v) is 15.5. The van der Waals surface area contributed by atoms with E-state index in [1.54, 1.807) is 43.3 Å². The van der Waals surface area contributed by atoms with Gasteiger partial charge >= 0.3 is 0 Å². The molecule has 1 aliphatic heterocycles. The number of allylic oxidation sites excluding steroid dienone is 3. The number of hydrogen-bond acceptors (Lipinski definition) is 2. The number of ether oxygens (including phenoxy) is 1. The summed E-state index contributed by atoms with van der Waals surface area (Å²) in [5.74, 6) is -1.80. The summed E-state index contributed by atoms with van der Waals surface area (Å²) in [5, 5.41) is 0. The number of benzene rings is 2. The van der Waals surface area contributed by atoms with Crippen molar-refractivity contribution in [3.8, 4) is 5.75 Å². The normalized spacial score (nSPS) is 14.6. The van der Waals surface area contributed by atoms with Gasteiger partial charge in [0.1, 0.15) is 17.4 Å². The second-order valence-corrected chi connectivity index (χ2v) is 6.37. The minimum atomic E-state index is -2.72. The molecule has 2 aromatic rings. The van der Waals surface area contributed by atoms with Gasteiger partial charge in [0, 0.05) is 23.4 Å². The highest BCUT2D eigenvalue weighted by atomic mass is 19.3. The minimum Gasteiger partial charge on any atom is -0.497 e. The summed E-state index contributed by atoms with van der Waals surface area (Å²) in [6, 6.07) is 10.9. The average Bonchev–Trinajstić information content (AvgIpc) is 2.66. The Morgan fingerprint density at radius 2 is 1.68 bits per heavy atom. The van der Waals surface area contributed by atoms with Gasteiger partial charge in [0.05, 0.1) is 24.9 Å². The van der Waals surface area contributed by atoms with E-state index in [9.17, 15) is 17.6 Å². The summed E-state index contributed by atoms with van der Waals surface area (Å²) < 4.78 is 61.3. The van der Waals surface area contributed by atoms with E-state index >= 15 is 0 Å². The van der Waals surface area contributed by atoms with Gasteiger partial charge in [-0.1, -0.05) is 36.9 Å². The summed E-state index contributed by atoms with van der Waals surface area (Å²) in [7, 11) is 1.29. The van der Waals surface area contributed by atoms with Crippen molar-refractivity contribution in [2.75, 3.05) is 13.7 Å². The van der Waals surface area contributed by atoms with Crippen LogP contribution in [0.1, 0.15) is 18.1 Å². The van der Waals surface area contributed by atoms with Crippen LogP contribution in [0.3, 0.4) is 0 Å². The monoisotopic (exact) mass is 389 g/mol. The maximum atomic E-state index is 14.9. The van der Waals surface area contributed by atoms with Crippen LogP contribution in [0.4, 0.5) is 17.6 Å². The lowest BCUT2D eigenvalue weighted by Crippen LogP contribution is -2.30. The van der Waals surface area contributed by atoms with Crippen molar-refractivity contribution < 1.29 is 22.3 Å². The lowest BCUT2D eigenvalue weighted by atomic mass is 9.91. The predicted octanol–water partition coefficient (Wildman–Crippen LogP) is 5.88. The van der Waals surface area contributed by atoms with Gasteiger partial charge in [-0.2, -0.15) is 0 Å². The van der Waals surface area contributed by atoms with Crippen LogP contribution in [0.2, 0.25) is 0 Å². The minimum absolute atomic E-state index is 0.00220. The molecule has 1 aliphatic rings. The third-order valence-electron chi connectivity index (χ3n) is 4.56. The van der Waals surface area contributed by atoms with Crippen molar-refractivity contribution in [3.05, 3.63) is 89.2 Å². The van der Waals surface area contributed by atoms with Gasteiger partial charge in [-0.15, -0.1) is 0 Å². The molecule has 0 saturated heterocycles. The van der Waals surface area contributed by atoms with Crippen LogP contribution in [0.25, 0.3) is 11.3 Å². The second kappa shape index (κ2) is 7.92. The molecule has 0 unspecified atom stereocenters. The molecule has 0 atom stereocenters. The number of hydrogen-bond donors (Lipinski definition) is 0. The van der Waals surface area contributed by atoms with Crippen LogP contribution in [0, 0.1) is 11.6 Å². The molecular formula is C22H19F4NO. The number of alkyl halides is 2. The maximum absolute atomic E-state index is 14.9. The van der Waals surface area contributed by atoms with Gasteiger partial charge in [-0.05, 0) is 24.1 Å². The average molecular weight is 389 g/mol. The Kier molecular flexibility index (Phi) is 5.58. The van der Waals surface area contributed by atoms with Gasteiger partial charge in [0.25, 0.3) is 6.43 Å². The molecule has 1 heterocycles. The SMILES string of the molecule is C=C1C(C)=CC(c2ccccc2)=C(c2c(F)cc(OC)cc2F)N1CC(F)F. The number of methoxy groups -OCH3 is 1. The third kappa shape index (κ3) is 3.67. The van der Waals surface area contributed by atoms with Crippen LogP contribution in [-0.2, 0) is 0 Å². The first-order chi connectivity index (χ1) is 13.3. The van der Waals surface area contributed by atoms with Crippen molar-refractivity contribution in [3.63, 3.8) is 0 Å². The molecule has 0 fully saturated rings. The number of halogens is 4. The van der Waals surface area contributed by atoms with E-state index < -0.39 is 30.2 Å². The topological polar surface area (TPSA) is 12.5 Å². The first-order valence-corrected chi connectivity index (χ1v) is 8.59. The molecular weight excluding hydrogens is 370 g/mol. The molecule has 0 aliphatic carbocycles. The summed E-state index contributed by atoms with van der Waals surface area (Å²) in [4.78, 5) is 1.18. The van der Waals surface area contributed by atoms with Crippen LogP contribution in [-0.4, -0.2) is 25.0 Å². The van der Waals surface area contributed by atoms with E-state index in [1.807, 2.05) is 0 Å². The molecule has 6 heteroatoms. The molecule has 0 aromatic heterocycles. The number of rotatable bonds is 5. The molecule has 2 aromatic carbocycles. The largest absolute Gasteiger partial charge is 0.497 e. The molecule has 146 valence electrons. The zero-order chi connectivity index (χ0) is 20.4. The lowest BCUT2D eigenvalue weighted by Gasteiger charge is -2.35. The Bertz CT molecular complexity index is 941. The van der Waals surface area contributed by atoms with Crippen LogP contribution >= 0.6 is 0 Å². The predicted molar refractivity (Wildman–Crippen MR) is 102 cm³/mol. The van der Waals surface area contributed by atoms with Crippen molar-refractivity contribution in [1.29, 1.82) is 0 Å². The van der Waals surface area contributed by atoms with Crippen molar-refractivity contribution in [2.24, 2.45) is 0 Å². The quantitative estimate of drug-likeness (QED) is 0.592. The van der Waals surface area contributed by atoms with Crippen molar-refractivity contribution in [2.45, 2.75) is 13.3 Å². The highest BCUT2D eigenvalue weighted by Crippen LogP contribution is 2.41. The van der Waals surface area contributed by atoms with E-state index in [0.29, 0.717) is 16.7 Å². The first-order valence-electron chi connectivity index (χ1n) is 8.59. The maximum Gasteiger partial charge on any atom is 0.256 e. The van der Waals surface area contributed by atoms with E-state index in [0.717, 1.165) is 12.1 Å². The fourth-order valence-electron chi connectivity index (χ4n) is 3.20. The Morgan fingerprint density at radius 1 is 1.07 bits per heavy atom. The molecule has 0 bridgehead atoms. The molecule has 0 N–H and O–H groups in total. The van der Waals surface area contributed by atoms with E-state index in [2.05, 4.69) is 6.58 Å². The highest BCUT2D eigenvalue weighted by Gasteiger charge is 2.31. The molecule has 0 saturated carbocycles. The second-order valence-electron chi connectivity index (χ2n) is 6.37. The fraction of sp³-hybridized carbons (Fsp3) is 0.182. The van der Waals surface area contributed by atoms with Gasteiger partial charge in [-0.25, -0.2) is 17.6 Å². The smallest absolute Gasteiger partial charge is 0.256 e. The Labute approximate surface area is 161 Å². The molecule has 0 spiro atoms. The molecule has 28 heavy (non-hydrogen) atoms. The van der Waals surface area contributed by atoms with Crippen molar-refractivity contribution >= 4 is 11.3 Å². The Morgan fingerprint density at radius 3 is 2.21 bits per heavy atom. The van der Waals surface area contributed by atoms with Crippen LogP contribution in [0.15, 0.2) is 66.4 Å². The zero-order valence-electron chi connectivity index (χ0n) is 15.5. The van der Waals surface area contributed by atoms with E-state index in [-0.39, 0.29) is 17.1 Å². The third-order valence-corrected chi connectivity index (χ3v) is 4.56. The summed E-state index contributed by atoms with van der Waals surface area (Å²) >= 11 is 0. The summed E-state index contributed by atoms with van der Waals surface area (Å²) in [6.07, 6.45) is -1.02. The van der Waals surface area contributed by atoms with Gasteiger partial charge in [0.2, 0.25) is 0 Å². The van der Waals surface area contributed by atoms with Gasteiger partial charge in [0.15, 0.2) is 0 Å². The van der Waals surface area contributed by atoms with Gasteiger partial charge in [-0.3, -0.25) is 0 Å². The fourth-order valence-corrected chi connectivity index (χ4v) is 3.20. The molecule has 3 rings (SSSR count). The molecule has 0 radical (unpaired) electrons. The van der Waals surface area contributed by atoms with Crippen LogP contribution in [0.5, 0.6) is 5.75 Å². The van der Waals surface area contributed by atoms with E-state index in [1.165, 1.54) is 12.0 Å². The summed E-state index contributed by atoms with van der Waals surface area (Å²) in [6.45, 7) is 4.84.